The van der Waals surface area contributed by atoms with Crippen molar-refractivity contribution >= 4 is 5.91 Å². The summed E-state index contributed by atoms with van der Waals surface area (Å²) in [4.78, 5) is 11.0. The van der Waals surface area contributed by atoms with E-state index in [0.29, 0.717) is 11.1 Å². The molecule has 4 heteroatoms. The summed E-state index contributed by atoms with van der Waals surface area (Å²) in [7, 11) is 0. The van der Waals surface area contributed by atoms with Crippen LogP contribution in [0.1, 0.15) is 10.6 Å². The van der Waals surface area contributed by atoms with E-state index in [1.807, 2.05) is 0 Å². The average Bonchev–Trinajstić information content (AvgIpc) is 2.67. The predicted molar refractivity (Wildman–Crippen MR) is 54.3 cm³/mol. The van der Waals surface area contributed by atoms with Crippen molar-refractivity contribution in [3.05, 3.63) is 42.4 Å². The summed E-state index contributed by atoms with van der Waals surface area (Å²) < 4.78 is 4.95. The summed E-state index contributed by atoms with van der Waals surface area (Å²) in [5, 5.41) is 9.59. The lowest BCUT2D eigenvalue weighted by Crippen LogP contribution is -2.10. The summed E-state index contributed by atoms with van der Waals surface area (Å²) in [5.74, 6) is -0.517. The lowest BCUT2D eigenvalue weighted by atomic mass is 10.1. The minimum Gasteiger partial charge on any atom is -0.507 e. The van der Waals surface area contributed by atoms with Gasteiger partial charge >= 0.3 is 0 Å². The molecule has 0 atom stereocenters. The molecule has 0 fully saturated rings. The van der Waals surface area contributed by atoms with Crippen LogP contribution in [0.25, 0.3) is 11.1 Å². The van der Waals surface area contributed by atoms with Gasteiger partial charge in [-0.2, -0.15) is 0 Å². The van der Waals surface area contributed by atoms with Gasteiger partial charge in [-0.1, -0.05) is 18.2 Å². The van der Waals surface area contributed by atoms with E-state index in [0.717, 1.165) is 0 Å². The Bertz CT molecular complexity index is 502. The van der Waals surface area contributed by atoms with Crippen molar-refractivity contribution in [3.63, 3.8) is 0 Å². The monoisotopic (exact) mass is 203 g/mol. The number of carbonyl (C=O) groups excluding carboxylic acids is 1. The first-order chi connectivity index (χ1) is 7.20. The molecule has 2 rings (SSSR count). The highest BCUT2D eigenvalue weighted by molar-refractivity contribution is 5.97. The van der Waals surface area contributed by atoms with Crippen molar-refractivity contribution in [2.45, 2.75) is 0 Å². The molecule has 0 bridgehead atoms. The molecule has 15 heavy (non-hydrogen) atoms. The summed E-state index contributed by atoms with van der Waals surface area (Å²) in [6.45, 7) is 0. The van der Waals surface area contributed by atoms with E-state index in [-0.39, 0.29) is 11.5 Å². The third-order valence-electron chi connectivity index (χ3n) is 2.08. The molecule has 1 heterocycles. The standard InChI is InChI=1S/C11H9NO3/c12-11(14)10-8(5-6-15-10)7-3-1-2-4-9(7)13/h1-6,13H,(H2,12,14). The van der Waals surface area contributed by atoms with Gasteiger partial charge in [-0.05, 0) is 12.1 Å². The number of phenols is 1. The van der Waals surface area contributed by atoms with Crippen molar-refractivity contribution in [2.75, 3.05) is 0 Å². The van der Waals surface area contributed by atoms with E-state index in [4.69, 9.17) is 10.2 Å². The number of nitrogens with two attached hydrogens (primary N) is 1. The Morgan fingerprint density at radius 3 is 2.60 bits per heavy atom. The van der Waals surface area contributed by atoms with E-state index >= 15 is 0 Å². The zero-order valence-electron chi connectivity index (χ0n) is 7.81. The maximum atomic E-state index is 11.0. The fourth-order valence-corrected chi connectivity index (χ4v) is 1.41. The largest absolute Gasteiger partial charge is 0.507 e. The van der Waals surface area contributed by atoms with E-state index in [1.54, 1.807) is 24.3 Å². The first-order valence-electron chi connectivity index (χ1n) is 4.36. The van der Waals surface area contributed by atoms with E-state index in [1.165, 1.54) is 12.3 Å². The van der Waals surface area contributed by atoms with Crippen molar-refractivity contribution in [3.8, 4) is 16.9 Å². The summed E-state index contributed by atoms with van der Waals surface area (Å²) in [6, 6.07) is 8.27. The van der Waals surface area contributed by atoms with Crippen molar-refractivity contribution in [2.24, 2.45) is 5.73 Å². The lowest BCUT2D eigenvalue weighted by molar-refractivity contribution is 0.0975. The zero-order valence-corrected chi connectivity index (χ0v) is 7.81. The number of phenolic OH excluding ortho intramolecular Hbond substituents is 1. The number of carbonyl (C=O) groups is 1. The van der Waals surface area contributed by atoms with Gasteiger partial charge in [0.05, 0.1) is 6.26 Å². The van der Waals surface area contributed by atoms with Crippen LogP contribution in [0.2, 0.25) is 0 Å². The quantitative estimate of drug-likeness (QED) is 0.780. The maximum Gasteiger partial charge on any atom is 0.285 e. The molecular formula is C11H9NO3. The fourth-order valence-electron chi connectivity index (χ4n) is 1.41. The molecule has 1 aromatic carbocycles. The molecule has 0 aliphatic carbocycles. The van der Waals surface area contributed by atoms with Crippen LogP contribution in [0, 0.1) is 0 Å². The van der Waals surface area contributed by atoms with E-state index < -0.39 is 5.91 Å². The van der Waals surface area contributed by atoms with Gasteiger partial charge in [0.1, 0.15) is 5.75 Å². The summed E-state index contributed by atoms with van der Waals surface area (Å²) >= 11 is 0. The molecule has 2 aromatic rings. The van der Waals surface area contributed by atoms with Crippen molar-refractivity contribution in [1.29, 1.82) is 0 Å². The first-order valence-corrected chi connectivity index (χ1v) is 4.36. The summed E-state index contributed by atoms with van der Waals surface area (Å²) in [5.41, 5.74) is 6.16. The second-order valence-corrected chi connectivity index (χ2v) is 3.04. The second-order valence-electron chi connectivity index (χ2n) is 3.04. The van der Waals surface area contributed by atoms with Gasteiger partial charge in [0.15, 0.2) is 5.76 Å². The molecule has 3 N–H and O–H groups in total. The van der Waals surface area contributed by atoms with Gasteiger partial charge in [-0.25, -0.2) is 0 Å². The van der Waals surface area contributed by atoms with Gasteiger partial charge < -0.3 is 15.3 Å². The highest BCUT2D eigenvalue weighted by Gasteiger charge is 2.15. The Kier molecular flexibility index (Phi) is 2.17. The van der Waals surface area contributed by atoms with Gasteiger partial charge in [0, 0.05) is 11.1 Å². The number of aromatic hydroxyl groups is 1. The van der Waals surface area contributed by atoms with Crippen LogP contribution in [-0.4, -0.2) is 11.0 Å². The topological polar surface area (TPSA) is 76.5 Å². The van der Waals surface area contributed by atoms with Crippen molar-refractivity contribution < 1.29 is 14.3 Å². The number of amides is 1. The average molecular weight is 203 g/mol. The third kappa shape index (κ3) is 1.57. The minimum absolute atomic E-state index is 0.0523. The number of hydrogen-bond acceptors (Lipinski definition) is 3. The van der Waals surface area contributed by atoms with Crippen molar-refractivity contribution in [1.82, 2.24) is 0 Å². The van der Waals surface area contributed by atoms with E-state index in [2.05, 4.69) is 0 Å². The molecule has 0 saturated heterocycles. The van der Waals surface area contributed by atoms with Crippen LogP contribution in [0.3, 0.4) is 0 Å². The molecule has 0 aliphatic rings. The Hall–Kier alpha value is -2.23. The lowest BCUT2D eigenvalue weighted by Gasteiger charge is -2.02. The predicted octanol–water partition coefficient (Wildman–Crippen LogP) is 1.75. The maximum absolute atomic E-state index is 11.0. The highest BCUT2D eigenvalue weighted by atomic mass is 16.3. The molecule has 0 unspecified atom stereocenters. The molecule has 0 spiro atoms. The number of hydrogen-bond donors (Lipinski definition) is 2. The number of rotatable bonds is 2. The van der Waals surface area contributed by atoms with Crippen LogP contribution in [0.5, 0.6) is 5.75 Å². The molecule has 4 nitrogen and oxygen atoms in total. The van der Waals surface area contributed by atoms with Gasteiger partial charge in [-0.15, -0.1) is 0 Å². The summed E-state index contributed by atoms with van der Waals surface area (Å²) in [6.07, 6.45) is 1.36. The van der Waals surface area contributed by atoms with Crippen LogP contribution in [-0.2, 0) is 0 Å². The highest BCUT2D eigenvalue weighted by Crippen LogP contribution is 2.31. The Balaban J connectivity index is 2.59. The Morgan fingerprint density at radius 1 is 1.20 bits per heavy atom. The number of primary amides is 1. The molecule has 1 aromatic heterocycles. The Labute approximate surface area is 85.9 Å². The SMILES string of the molecule is NC(=O)c1occc1-c1ccccc1O. The Morgan fingerprint density at radius 2 is 1.93 bits per heavy atom. The van der Waals surface area contributed by atoms with Gasteiger partial charge in [0.2, 0.25) is 0 Å². The second kappa shape index (κ2) is 3.49. The van der Waals surface area contributed by atoms with E-state index in [9.17, 15) is 9.90 Å². The minimum atomic E-state index is -0.654. The molecule has 1 amide bonds. The van der Waals surface area contributed by atoms with Gasteiger partial charge in [-0.3, -0.25) is 4.79 Å². The number of furan rings is 1. The molecular weight excluding hydrogens is 194 g/mol. The fraction of sp³-hybridized carbons (Fsp3) is 0. The number of para-hydroxylation sites is 1. The molecule has 0 saturated carbocycles. The van der Waals surface area contributed by atoms with Crippen LogP contribution in [0.4, 0.5) is 0 Å². The molecule has 0 aliphatic heterocycles. The smallest absolute Gasteiger partial charge is 0.285 e. The normalized spacial score (nSPS) is 10.1. The molecule has 76 valence electrons. The molecule has 0 radical (unpaired) electrons. The first kappa shape index (κ1) is 9.33. The third-order valence-corrected chi connectivity index (χ3v) is 2.08. The van der Waals surface area contributed by atoms with Crippen LogP contribution in [0.15, 0.2) is 41.0 Å². The van der Waals surface area contributed by atoms with Crippen LogP contribution < -0.4 is 5.73 Å². The van der Waals surface area contributed by atoms with Crippen LogP contribution >= 0.6 is 0 Å². The zero-order chi connectivity index (χ0) is 10.8. The van der Waals surface area contributed by atoms with Gasteiger partial charge in [0.25, 0.3) is 5.91 Å². The number of benzene rings is 1.